The van der Waals surface area contributed by atoms with Crippen LogP contribution in [0.15, 0.2) is 54.6 Å². The van der Waals surface area contributed by atoms with Crippen LogP contribution in [-0.4, -0.2) is 20.9 Å². The Morgan fingerprint density at radius 2 is 1.81 bits per heavy atom. The largest absolute Gasteiger partial charge is 0.309 e. The molecule has 4 rings (SSSR count). The van der Waals surface area contributed by atoms with Gasteiger partial charge in [-0.2, -0.15) is 5.10 Å². The molecule has 0 saturated carbocycles. The molecule has 1 N–H and O–H groups in total. The Hall–Kier alpha value is -2.60. The minimum absolute atomic E-state index is 0.0575. The summed E-state index contributed by atoms with van der Waals surface area (Å²) in [5, 5.41) is 7.37. The summed E-state index contributed by atoms with van der Waals surface area (Å²) in [6.07, 6.45) is 0. The summed E-state index contributed by atoms with van der Waals surface area (Å²) in [5.74, 6) is 0.356. The molecule has 0 spiro atoms. The van der Waals surface area contributed by atoms with Crippen molar-refractivity contribution in [2.75, 3.05) is 5.32 Å². The first-order valence-corrected chi connectivity index (χ1v) is 9.35. The molecule has 1 aromatic heterocycles. The summed E-state index contributed by atoms with van der Waals surface area (Å²) in [6, 6.07) is 16.2. The van der Waals surface area contributed by atoms with E-state index in [-0.39, 0.29) is 22.2 Å². The van der Waals surface area contributed by atoms with E-state index in [1.165, 1.54) is 12.1 Å². The fourth-order valence-corrected chi connectivity index (χ4v) is 4.49. The standard InChI is InChI=1S/C20H18FN3OS/c1-12-17-18(14-8-10-15(21)11-9-14)26-13(2)20(25)22-19(17)24(23-12)16-6-4-3-5-7-16/h3-11,13,18H,1-2H3,(H,22,25)/t13-,18-/m0/s1. The summed E-state index contributed by atoms with van der Waals surface area (Å²) < 4.78 is 15.2. The highest BCUT2D eigenvalue weighted by Gasteiger charge is 2.33. The number of nitrogens with one attached hydrogen (secondary N) is 1. The Bertz CT molecular complexity index is 953. The second-order valence-corrected chi connectivity index (χ2v) is 7.74. The quantitative estimate of drug-likeness (QED) is 0.726. The number of benzene rings is 2. The predicted octanol–water partition coefficient (Wildman–Crippen LogP) is 4.48. The number of aromatic nitrogens is 2. The van der Waals surface area contributed by atoms with Gasteiger partial charge in [0.1, 0.15) is 11.6 Å². The maximum absolute atomic E-state index is 13.4. The van der Waals surface area contributed by atoms with E-state index in [1.807, 2.05) is 44.2 Å². The van der Waals surface area contributed by atoms with E-state index in [1.54, 1.807) is 28.6 Å². The first kappa shape index (κ1) is 16.8. The maximum atomic E-state index is 13.4. The van der Waals surface area contributed by atoms with Crippen LogP contribution in [0, 0.1) is 12.7 Å². The molecule has 0 aliphatic carbocycles. The average molecular weight is 367 g/mol. The zero-order valence-electron chi connectivity index (χ0n) is 14.4. The predicted molar refractivity (Wildman–Crippen MR) is 102 cm³/mol. The van der Waals surface area contributed by atoms with Crippen LogP contribution in [-0.2, 0) is 4.79 Å². The van der Waals surface area contributed by atoms with Gasteiger partial charge in [0, 0.05) is 5.56 Å². The van der Waals surface area contributed by atoms with Gasteiger partial charge in [0.15, 0.2) is 0 Å². The van der Waals surface area contributed by atoms with Crippen molar-refractivity contribution in [3.05, 3.63) is 77.2 Å². The molecule has 132 valence electrons. The van der Waals surface area contributed by atoms with Gasteiger partial charge < -0.3 is 5.32 Å². The van der Waals surface area contributed by atoms with Crippen LogP contribution in [0.25, 0.3) is 5.69 Å². The summed E-state index contributed by atoms with van der Waals surface area (Å²) in [4.78, 5) is 12.6. The van der Waals surface area contributed by atoms with Crippen molar-refractivity contribution in [1.29, 1.82) is 0 Å². The molecule has 0 unspecified atom stereocenters. The minimum atomic E-state index is -0.272. The van der Waals surface area contributed by atoms with Gasteiger partial charge in [0.05, 0.1) is 21.9 Å². The van der Waals surface area contributed by atoms with Crippen LogP contribution < -0.4 is 5.32 Å². The van der Waals surface area contributed by atoms with Crippen LogP contribution in [0.1, 0.15) is 29.0 Å². The molecule has 0 bridgehead atoms. The molecular formula is C20H18FN3OS. The molecule has 4 nitrogen and oxygen atoms in total. The van der Waals surface area contributed by atoms with Gasteiger partial charge in [-0.05, 0) is 43.7 Å². The monoisotopic (exact) mass is 367 g/mol. The lowest BCUT2D eigenvalue weighted by Crippen LogP contribution is -2.22. The lowest BCUT2D eigenvalue weighted by atomic mass is 10.0. The van der Waals surface area contributed by atoms with E-state index in [2.05, 4.69) is 10.4 Å². The van der Waals surface area contributed by atoms with E-state index in [9.17, 15) is 9.18 Å². The number of hydrogen-bond donors (Lipinski definition) is 1. The SMILES string of the molecule is Cc1nn(-c2ccccc2)c2c1[C@H](c1ccc(F)cc1)S[C@@H](C)C(=O)N2. The molecule has 0 saturated heterocycles. The Morgan fingerprint density at radius 3 is 2.50 bits per heavy atom. The average Bonchev–Trinajstić information content (AvgIpc) is 2.89. The fraction of sp³-hybridized carbons (Fsp3) is 0.200. The van der Waals surface area contributed by atoms with Crippen LogP contribution in [0.3, 0.4) is 0 Å². The molecule has 0 fully saturated rings. The number of amides is 1. The lowest BCUT2D eigenvalue weighted by Gasteiger charge is -2.17. The van der Waals surface area contributed by atoms with Crippen molar-refractivity contribution in [2.45, 2.75) is 24.3 Å². The number of fused-ring (bicyclic) bond motifs is 1. The summed E-state index contributed by atoms with van der Waals surface area (Å²) in [7, 11) is 0. The molecule has 2 heterocycles. The number of para-hydroxylation sites is 1. The first-order chi connectivity index (χ1) is 12.5. The third-order valence-electron chi connectivity index (χ3n) is 4.49. The lowest BCUT2D eigenvalue weighted by molar-refractivity contribution is -0.115. The van der Waals surface area contributed by atoms with Crippen molar-refractivity contribution in [3.63, 3.8) is 0 Å². The van der Waals surface area contributed by atoms with E-state index in [4.69, 9.17) is 0 Å². The van der Waals surface area contributed by atoms with Crippen LogP contribution in [0.4, 0.5) is 10.2 Å². The third-order valence-corrected chi connectivity index (χ3v) is 5.90. The topological polar surface area (TPSA) is 46.9 Å². The maximum Gasteiger partial charge on any atom is 0.238 e. The molecule has 1 amide bonds. The van der Waals surface area contributed by atoms with Crippen LogP contribution in [0.2, 0.25) is 0 Å². The second kappa shape index (κ2) is 6.61. The van der Waals surface area contributed by atoms with Crippen LogP contribution >= 0.6 is 11.8 Å². The van der Waals surface area contributed by atoms with Crippen LogP contribution in [0.5, 0.6) is 0 Å². The Morgan fingerprint density at radius 1 is 1.12 bits per heavy atom. The van der Waals surface area contributed by atoms with Gasteiger partial charge in [-0.3, -0.25) is 4.79 Å². The second-order valence-electron chi connectivity index (χ2n) is 6.29. The summed E-state index contributed by atoms with van der Waals surface area (Å²) in [5.41, 5.74) is 3.65. The van der Waals surface area contributed by atoms with Gasteiger partial charge >= 0.3 is 0 Å². The minimum Gasteiger partial charge on any atom is -0.309 e. The zero-order valence-corrected chi connectivity index (χ0v) is 15.3. The van der Waals surface area contributed by atoms with Crippen molar-refractivity contribution in [3.8, 4) is 5.69 Å². The fourth-order valence-electron chi connectivity index (χ4n) is 3.16. The van der Waals surface area contributed by atoms with E-state index in [0.29, 0.717) is 5.82 Å². The van der Waals surface area contributed by atoms with Crippen molar-refractivity contribution in [1.82, 2.24) is 9.78 Å². The number of aryl methyl sites for hydroxylation is 1. The number of carbonyl (C=O) groups excluding carboxylic acids is 1. The molecule has 3 aromatic rings. The highest BCUT2D eigenvalue weighted by atomic mass is 32.2. The normalized spacial score (nSPS) is 19.6. The van der Waals surface area contributed by atoms with Gasteiger partial charge in [-0.15, -0.1) is 11.8 Å². The molecule has 2 aromatic carbocycles. The van der Waals surface area contributed by atoms with Crippen molar-refractivity contribution < 1.29 is 9.18 Å². The number of anilines is 1. The Labute approximate surface area is 155 Å². The summed E-state index contributed by atoms with van der Waals surface area (Å²) >= 11 is 1.55. The van der Waals surface area contributed by atoms with E-state index >= 15 is 0 Å². The number of hydrogen-bond acceptors (Lipinski definition) is 3. The molecule has 2 atom stereocenters. The number of halogens is 1. The molecule has 1 aliphatic heterocycles. The smallest absolute Gasteiger partial charge is 0.238 e. The first-order valence-electron chi connectivity index (χ1n) is 8.41. The van der Waals surface area contributed by atoms with Crippen molar-refractivity contribution >= 4 is 23.5 Å². The van der Waals surface area contributed by atoms with Crippen molar-refractivity contribution in [2.24, 2.45) is 0 Å². The molecule has 26 heavy (non-hydrogen) atoms. The number of carbonyl (C=O) groups is 1. The number of thioether (sulfide) groups is 1. The van der Waals surface area contributed by atoms with Gasteiger partial charge in [0.25, 0.3) is 0 Å². The highest BCUT2D eigenvalue weighted by molar-refractivity contribution is 8.01. The number of rotatable bonds is 2. The molecule has 1 aliphatic rings. The van der Waals surface area contributed by atoms with E-state index < -0.39 is 0 Å². The molecule has 0 radical (unpaired) electrons. The van der Waals surface area contributed by atoms with Gasteiger partial charge in [0.2, 0.25) is 5.91 Å². The summed E-state index contributed by atoms with van der Waals surface area (Å²) in [6.45, 7) is 3.83. The molecular weight excluding hydrogens is 349 g/mol. The van der Waals surface area contributed by atoms with Gasteiger partial charge in [-0.1, -0.05) is 30.3 Å². The zero-order chi connectivity index (χ0) is 18.3. The molecule has 6 heteroatoms. The number of nitrogens with zero attached hydrogens (tertiary/aromatic N) is 2. The Kier molecular flexibility index (Phi) is 4.28. The van der Waals surface area contributed by atoms with E-state index in [0.717, 1.165) is 22.5 Å². The highest BCUT2D eigenvalue weighted by Crippen LogP contribution is 2.46. The van der Waals surface area contributed by atoms with Gasteiger partial charge in [-0.25, -0.2) is 9.07 Å². The Balaban J connectivity index is 1.90. The third kappa shape index (κ3) is 2.90.